The maximum Gasteiger partial charge on any atom is 0.361 e. The van der Waals surface area contributed by atoms with Crippen molar-refractivity contribution in [1.82, 2.24) is 9.59 Å². The van der Waals surface area contributed by atoms with Gasteiger partial charge in [-0.2, -0.15) is 5.26 Å². The van der Waals surface area contributed by atoms with Gasteiger partial charge in [-0.1, -0.05) is 4.49 Å². The molecule has 0 aliphatic carbocycles. The van der Waals surface area contributed by atoms with Crippen LogP contribution in [0.4, 0.5) is 0 Å². The van der Waals surface area contributed by atoms with Gasteiger partial charge in [-0.15, -0.1) is 5.10 Å². The standard InChI is InChI=1S/C9H5N3O3S/c10-4-8(7-2-1-3-14-7)15-9(13)6-5-16-12-11-6/h1-3,5,8H. The van der Waals surface area contributed by atoms with Gasteiger partial charge in [0.2, 0.25) is 6.10 Å². The second-order valence-electron chi connectivity index (χ2n) is 2.72. The molecule has 0 amide bonds. The predicted molar refractivity (Wildman–Crippen MR) is 52.4 cm³/mol. The highest BCUT2D eigenvalue weighted by Gasteiger charge is 2.21. The molecule has 0 saturated carbocycles. The maximum atomic E-state index is 11.5. The number of esters is 1. The number of aromatic nitrogens is 2. The SMILES string of the molecule is N#CC(OC(=O)c1csnn1)c1ccco1. The third-order valence-corrected chi connectivity index (χ3v) is 2.22. The number of carbonyl (C=O) groups is 1. The lowest BCUT2D eigenvalue weighted by molar-refractivity contribution is 0.0360. The van der Waals surface area contributed by atoms with E-state index in [0.29, 0.717) is 0 Å². The quantitative estimate of drug-likeness (QED) is 0.750. The van der Waals surface area contributed by atoms with Crippen LogP contribution in [0.5, 0.6) is 0 Å². The first-order chi connectivity index (χ1) is 7.81. The van der Waals surface area contributed by atoms with Crippen LogP contribution in [0.1, 0.15) is 22.4 Å². The number of furan rings is 1. The van der Waals surface area contributed by atoms with Crippen LogP contribution in [-0.4, -0.2) is 15.6 Å². The molecule has 2 aromatic heterocycles. The molecule has 2 rings (SSSR count). The molecule has 0 aliphatic heterocycles. The van der Waals surface area contributed by atoms with E-state index in [1.165, 1.54) is 11.6 Å². The molecule has 80 valence electrons. The Labute approximate surface area is 94.2 Å². The zero-order valence-electron chi connectivity index (χ0n) is 7.86. The minimum Gasteiger partial charge on any atom is -0.464 e. The Kier molecular flexibility index (Phi) is 2.93. The fraction of sp³-hybridized carbons (Fsp3) is 0.111. The molecular formula is C9H5N3O3S. The molecule has 0 aliphatic rings. The van der Waals surface area contributed by atoms with Crippen LogP contribution in [0.25, 0.3) is 0 Å². The first-order valence-corrected chi connectivity index (χ1v) is 5.06. The molecule has 0 fully saturated rings. The Morgan fingerprint density at radius 1 is 1.69 bits per heavy atom. The largest absolute Gasteiger partial charge is 0.464 e. The number of hydrogen-bond donors (Lipinski definition) is 0. The van der Waals surface area contributed by atoms with Crippen molar-refractivity contribution in [2.24, 2.45) is 0 Å². The number of carbonyl (C=O) groups excluding carboxylic acids is 1. The topological polar surface area (TPSA) is 89.0 Å². The van der Waals surface area contributed by atoms with Gasteiger partial charge in [-0.05, 0) is 23.7 Å². The summed E-state index contributed by atoms with van der Waals surface area (Å²) in [5, 5.41) is 13.8. The average molecular weight is 235 g/mol. The normalized spacial score (nSPS) is 11.7. The lowest BCUT2D eigenvalue weighted by atomic mass is 10.3. The Bertz CT molecular complexity index is 501. The summed E-state index contributed by atoms with van der Waals surface area (Å²) in [6.07, 6.45) is 0.335. The molecule has 1 atom stereocenters. The van der Waals surface area contributed by atoms with E-state index >= 15 is 0 Å². The predicted octanol–water partition coefficient (Wildman–Crippen LogP) is 1.55. The smallest absolute Gasteiger partial charge is 0.361 e. The highest BCUT2D eigenvalue weighted by molar-refractivity contribution is 7.03. The van der Waals surface area contributed by atoms with E-state index in [1.54, 1.807) is 12.1 Å². The maximum absolute atomic E-state index is 11.5. The monoisotopic (exact) mass is 235 g/mol. The molecule has 0 saturated heterocycles. The van der Waals surface area contributed by atoms with Gasteiger partial charge in [0, 0.05) is 5.38 Å². The van der Waals surface area contributed by atoms with Gasteiger partial charge in [-0.25, -0.2) is 4.79 Å². The number of nitriles is 1. The molecule has 6 nitrogen and oxygen atoms in total. The van der Waals surface area contributed by atoms with Gasteiger partial charge in [0.15, 0.2) is 11.5 Å². The highest BCUT2D eigenvalue weighted by Crippen LogP contribution is 2.18. The van der Waals surface area contributed by atoms with E-state index in [0.717, 1.165) is 11.5 Å². The van der Waals surface area contributed by atoms with Crippen molar-refractivity contribution in [2.45, 2.75) is 6.10 Å². The summed E-state index contributed by atoms with van der Waals surface area (Å²) in [4.78, 5) is 11.5. The number of rotatable bonds is 3. The Hall–Kier alpha value is -2.20. The van der Waals surface area contributed by atoms with Crippen LogP contribution in [0.15, 0.2) is 28.2 Å². The first-order valence-electron chi connectivity index (χ1n) is 4.22. The third kappa shape index (κ3) is 2.07. The molecular weight excluding hydrogens is 230 g/mol. The van der Waals surface area contributed by atoms with Crippen LogP contribution < -0.4 is 0 Å². The van der Waals surface area contributed by atoms with Crippen LogP contribution in [0.3, 0.4) is 0 Å². The van der Waals surface area contributed by atoms with E-state index in [1.807, 2.05) is 6.07 Å². The van der Waals surface area contributed by atoms with Gasteiger partial charge < -0.3 is 9.15 Å². The molecule has 0 aromatic carbocycles. The van der Waals surface area contributed by atoms with Gasteiger partial charge in [-0.3, -0.25) is 0 Å². The van der Waals surface area contributed by atoms with Crippen molar-refractivity contribution < 1.29 is 13.9 Å². The fourth-order valence-corrected chi connectivity index (χ4v) is 1.43. The fourth-order valence-electron chi connectivity index (χ4n) is 1.01. The lowest BCUT2D eigenvalue weighted by Gasteiger charge is -2.06. The zero-order chi connectivity index (χ0) is 11.4. The number of nitrogens with zero attached hydrogens (tertiary/aromatic N) is 3. The lowest BCUT2D eigenvalue weighted by Crippen LogP contribution is -2.10. The summed E-state index contributed by atoms with van der Waals surface area (Å²) in [5.41, 5.74) is 0.0804. The first kappa shape index (κ1) is 10.3. The van der Waals surface area contributed by atoms with Crippen LogP contribution in [0, 0.1) is 11.3 Å². The summed E-state index contributed by atoms with van der Waals surface area (Å²) in [5.74, 6) is -0.421. The van der Waals surface area contributed by atoms with Gasteiger partial charge in [0.1, 0.15) is 6.07 Å². The molecule has 16 heavy (non-hydrogen) atoms. The van der Waals surface area contributed by atoms with Crippen molar-refractivity contribution in [3.05, 3.63) is 35.2 Å². The molecule has 2 heterocycles. The number of ether oxygens (including phenoxy) is 1. The van der Waals surface area contributed by atoms with Crippen LogP contribution >= 0.6 is 11.5 Å². The van der Waals surface area contributed by atoms with Gasteiger partial charge in [0.25, 0.3) is 0 Å². The molecule has 0 radical (unpaired) electrons. The second-order valence-corrected chi connectivity index (χ2v) is 3.33. The number of hydrogen-bond acceptors (Lipinski definition) is 7. The van der Waals surface area contributed by atoms with Crippen LogP contribution in [-0.2, 0) is 4.74 Å². The third-order valence-electron chi connectivity index (χ3n) is 1.71. The zero-order valence-corrected chi connectivity index (χ0v) is 8.68. The van der Waals surface area contributed by atoms with Gasteiger partial charge >= 0.3 is 5.97 Å². The Morgan fingerprint density at radius 2 is 2.56 bits per heavy atom. The Balaban J connectivity index is 2.09. The Morgan fingerprint density at radius 3 is 3.12 bits per heavy atom. The van der Waals surface area contributed by atoms with Crippen molar-refractivity contribution in [1.29, 1.82) is 5.26 Å². The van der Waals surface area contributed by atoms with Crippen molar-refractivity contribution >= 4 is 17.5 Å². The summed E-state index contributed by atoms with van der Waals surface area (Å²) in [7, 11) is 0. The highest BCUT2D eigenvalue weighted by atomic mass is 32.1. The summed E-state index contributed by atoms with van der Waals surface area (Å²) in [6.45, 7) is 0. The second kappa shape index (κ2) is 4.55. The average Bonchev–Trinajstić information content (AvgIpc) is 2.96. The molecule has 7 heteroatoms. The van der Waals surface area contributed by atoms with Crippen molar-refractivity contribution in [3.63, 3.8) is 0 Å². The van der Waals surface area contributed by atoms with Crippen LogP contribution in [0.2, 0.25) is 0 Å². The van der Waals surface area contributed by atoms with E-state index in [9.17, 15) is 4.79 Å². The summed E-state index contributed by atoms with van der Waals surface area (Å²) in [6, 6.07) is 4.98. The molecule has 1 unspecified atom stereocenters. The van der Waals surface area contributed by atoms with E-state index in [-0.39, 0.29) is 11.5 Å². The minimum atomic E-state index is -1.07. The molecule has 0 N–H and O–H groups in total. The van der Waals surface area contributed by atoms with Gasteiger partial charge in [0.05, 0.1) is 6.26 Å². The molecule has 0 bridgehead atoms. The van der Waals surface area contributed by atoms with Crippen molar-refractivity contribution in [2.75, 3.05) is 0 Å². The van der Waals surface area contributed by atoms with E-state index in [2.05, 4.69) is 9.59 Å². The van der Waals surface area contributed by atoms with E-state index < -0.39 is 12.1 Å². The van der Waals surface area contributed by atoms with E-state index in [4.69, 9.17) is 14.4 Å². The minimum absolute atomic E-state index is 0.0804. The molecule has 2 aromatic rings. The summed E-state index contributed by atoms with van der Waals surface area (Å²) < 4.78 is 13.4. The molecule has 0 spiro atoms. The summed E-state index contributed by atoms with van der Waals surface area (Å²) >= 11 is 1.03. The van der Waals surface area contributed by atoms with Crippen molar-refractivity contribution in [3.8, 4) is 6.07 Å².